The molecule has 0 aliphatic carbocycles. The number of carbonyl (C=O) groups excluding carboxylic acids is 1. The molecule has 1 atom stereocenters. The summed E-state index contributed by atoms with van der Waals surface area (Å²) in [6.45, 7) is 1.20. The van der Waals surface area contributed by atoms with Gasteiger partial charge in [-0.2, -0.15) is 0 Å². The van der Waals surface area contributed by atoms with E-state index in [1.54, 1.807) is 0 Å². The van der Waals surface area contributed by atoms with E-state index in [1.165, 1.54) is 25.1 Å². The molecule has 1 rings (SSSR count). The van der Waals surface area contributed by atoms with E-state index in [0.717, 1.165) is 0 Å². The topological polar surface area (TPSA) is 26.3 Å². The molecule has 0 saturated carbocycles. The van der Waals surface area contributed by atoms with Gasteiger partial charge < -0.3 is 4.74 Å². The Morgan fingerprint density at radius 1 is 1.29 bits per heavy atom. The highest BCUT2D eigenvalue weighted by molar-refractivity contribution is 6.49. The van der Waals surface area contributed by atoms with E-state index in [4.69, 9.17) is 62.7 Å². The van der Waals surface area contributed by atoms with E-state index in [-0.39, 0.29) is 5.02 Å². The van der Waals surface area contributed by atoms with Crippen molar-refractivity contribution < 1.29 is 9.53 Å². The first kappa shape index (κ1) is 15.2. The van der Waals surface area contributed by atoms with Gasteiger partial charge in [0.15, 0.2) is 4.84 Å². The second kappa shape index (κ2) is 5.85. The van der Waals surface area contributed by atoms with Gasteiger partial charge in [-0.3, -0.25) is 4.79 Å². The van der Waals surface area contributed by atoms with Crippen molar-refractivity contribution in [2.75, 3.05) is 0 Å². The van der Waals surface area contributed by atoms with Crippen molar-refractivity contribution >= 4 is 64.0 Å². The van der Waals surface area contributed by atoms with Crippen molar-refractivity contribution in [2.24, 2.45) is 0 Å². The number of esters is 1. The number of hydrogen-bond acceptors (Lipinski definition) is 2. The summed E-state index contributed by atoms with van der Waals surface area (Å²) in [6, 6.07) is 4.48. The smallest absolute Gasteiger partial charge is 0.304 e. The van der Waals surface area contributed by atoms with Crippen LogP contribution < -0.4 is 0 Å². The van der Waals surface area contributed by atoms with Gasteiger partial charge in [0.25, 0.3) is 0 Å². The molecule has 0 radical (unpaired) electrons. The van der Waals surface area contributed by atoms with Crippen molar-refractivity contribution in [1.82, 2.24) is 0 Å². The van der Waals surface area contributed by atoms with Gasteiger partial charge >= 0.3 is 5.97 Å². The Kier molecular flexibility index (Phi) is 5.23. The van der Waals surface area contributed by atoms with Crippen LogP contribution in [0, 0.1) is 0 Å². The summed E-state index contributed by atoms with van der Waals surface area (Å²) < 4.78 is 4.94. The minimum absolute atomic E-state index is 0.260. The molecule has 17 heavy (non-hydrogen) atoms. The zero-order chi connectivity index (χ0) is 13.2. The van der Waals surface area contributed by atoms with Crippen LogP contribution in [0.5, 0.6) is 0 Å². The number of carbonyl (C=O) groups is 1. The maximum absolute atomic E-state index is 11.0. The van der Waals surface area contributed by atoms with Crippen molar-refractivity contribution in [1.29, 1.82) is 0 Å². The Balaban J connectivity index is 3.22. The molecule has 1 aromatic carbocycles. The van der Waals surface area contributed by atoms with Crippen LogP contribution in [0.4, 0.5) is 0 Å². The molecular formula is C10H7Cl5O2. The monoisotopic (exact) mass is 334 g/mol. The highest BCUT2D eigenvalue weighted by atomic mass is 35.5. The van der Waals surface area contributed by atoms with Gasteiger partial charge in [0.1, 0.15) is 0 Å². The van der Waals surface area contributed by atoms with Gasteiger partial charge in [-0.1, -0.05) is 64.1 Å². The molecule has 0 spiro atoms. The van der Waals surface area contributed by atoms with Crippen LogP contribution in [0.2, 0.25) is 10.0 Å². The van der Waals surface area contributed by atoms with E-state index in [1.807, 2.05) is 0 Å². The second-order valence-corrected chi connectivity index (χ2v) is 5.64. The lowest BCUT2D eigenvalue weighted by atomic mass is 10.1. The lowest BCUT2D eigenvalue weighted by Gasteiger charge is -2.28. The van der Waals surface area contributed by atoms with Crippen molar-refractivity contribution in [3.63, 3.8) is 0 Å². The van der Waals surface area contributed by atoms with Gasteiger partial charge in [-0.25, -0.2) is 0 Å². The summed E-state index contributed by atoms with van der Waals surface area (Å²) >= 11 is 29.2. The molecule has 0 saturated heterocycles. The Hall–Kier alpha value is 0.140. The van der Waals surface area contributed by atoms with Crippen molar-refractivity contribution in [2.45, 2.75) is 16.8 Å². The zero-order valence-electron chi connectivity index (χ0n) is 8.52. The predicted octanol–water partition coefficient (Wildman–Crippen LogP) is 4.75. The molecule has 1 aromatic rings. The molecule has 0 aliphatic rings. The normalized spacial score (nSPS) is 14.5. The fourth-order valence-corrected chi connectivity index (χ4v) is 2.01. The minimum Gasteiger partial charge on any atom is -0.436 e. The van der Waals surface area contributed by atoms with Crippen molar-refractivity contribution in [3.8, 4) is 0 Å². The molecule has 0 bridgehead atoms. The van der Waals surface area contributed by atoms with Gasteiger partial charge in [-0.05, 0) is 12.1 Å². The predicted molar refractivity (Wildman–Crippen MR) is 71.3 cm³/mol. The van der Waals surface area contributed by atoms with Crippen LogP contribution in [0.3, 0.4) is 0 Å². The molecule has 0 aliphatic heterocycles. The Morgan fingerprint density at radius 3 is 2.29 bits per heavy atom. The molecule has 0 aromatic heterocycles. The van der Waals surface area contributed by atoms with Crippen LogP contribution in [0.1, 0.15) is 12.5 Å². The molecule has 0 heterocycles. The first-order valence-corrected chi connectivity index (χ1v) is 6.40. The summed E-state index contributed by atoms with van der Waals surface area (Å²) in [7, 11) is 0. The average Bonchev–Trinajstić information content (AvgIpc) is 2.20. The van der Waals surface area contributed by atoms with E-state index in [0.29, 0.717) is 10.6 Å². The number of halogens is 5. The van der Waals surface area contributed by atoms with Crippen LogP contribution in [-0.2, 0) is 14.6 Å². The summed E-state index contributed by atoms with van der Waals surface area (Å²) in [5, 5.41) is -1.09. The SMILES string of the molecule is CC(=O)OC(Cl)(c1ccc(Cl)c(Cl)c1)C(Cl)Cl. The Bertz CT molecular complexity index is 435. The van der Waals surface area contributed by atoms with E-state index >= 15 is 0 Å². The van der Waals surface area contributed by atoms with E-state index in [2.05, 4.69) is 0 Å². The van der Waals surface area contributed by atoms with Crippen LogP contribution >= 0.6 is 58.0 Å². The average molecular weight is 336 g/mol. The maximum Gasteiger partial charge on any atom is 0.304 e. The Labute approximate surface area is 124 Å². The third-order valence-electron chi connectivity index (χ3n) is 1.89. The van der Waals surface area contributed by atoms with Gasteiger partial charge in [0, 0.05) is 12.5 Å². The number of rotatable bonds is 3. The lowest BCUT2D eigenvalue weighted by molar-refractivity contribution is -0.149. The molecule has 7 heteroatoms. The summed E-state index contributed by atoms with van der Waals surface area (Å²) in [5.41, 5.74) is 0.346. The van der Waals surface area contributed by atoms with Crippen LogP contribution in [-0.4, -0.2) is 10.8 Å². The third-order valence-corrected chi connectivity index (χ3v) is 3.98. The van der Waals surface area contributed by atoms with E-state index in [9.17, 15) is 4.79 Å². The molecular weight excluding hydrogens is 329 g/mol. The molecule has 1 unspecified atom stereocenters. The lowest BCUT2D eigenvalue weighted by Crippen LogP contribution is -2.32. The Morgan fingerprint density at radius 2 is 1.88 bits per heavy atom. The molecule has 0 fully saturated rings. The fraction of sp³-hybridized carbons (Fsp3) is 0.300. The summed E-state index contributed by atoms with van der Waals surface area (Å²) in [6.07, 6.45) is 0. The number of ether oxygens (including phenoxy) is 1. The number of hydrogen-bond donors (Lipinski definition) is 0. The summed E-state index contributed by atoms with van der Waals surface area (Å²) in [4.78, 5) is 9.84. The standard InChI is InChI=1S/C10H7Cl5O2/c1-5(16)17-10(15,9(13)14)6-2-3-7(11)8(12)4-6/h2-4,9H,1H3. The van der Waals surface area contributed by atoms with Crippen LogP contribution in [0.15, 0.2) is 18.2 Å². The largest absolute Gasteiger partial charge is 0.436 e. The van der Waals surface area contributed by atoms with Gasteiger partial charge in [-0.15, -0.1) is 0 Å². The van der Waals surface area contributed by atoms with Crippen molar-refractivity contribution in [3.05, 3.63) is 33.8 Å². The maximum atomic E-state index is 11.0. The van der Waals surface area contributed by atoms with Gasteiger partial charge in [0.05, 0.1) is 10.0 Å². The van der Waals surface area contributed by atoms with Crippen LogP contribution in [0.25, 0.3) is 0 Å². The fourth-order valence-electron chi connectivity index (χ4n) is 1.15. The van der Waals surface area contributed by atoms with E-state index < -0.39 is 15.9 Å². The molecule has 94 valence electrons. The second-order valence-electron chi connectivity index (χ2n) is 3.17. The summed E-state index contributed by atoms with van der Waals surface area (Å²) in [5.74, 6) is -0.614. The molecule has 0 N–H and O–H groups in total. The number of alkyl halides is 3. The zero-order valence-corrected chi connectivity index (χ0v) is 12.3. The van der Waals surface area contributed by atoms with Gasteiger partial charge in [0.2, 0.25) is 5.06 Å². The third kappa shape index (κ3) is 3.55. The number of benzene rings is 1. The quantitative estimate of drug-likeness (QED) is 0.588. The highest BCUT2D eigenvalue weighted by Gasteiger charge is 2.40. The minimum atomic E-state index is -1.69. The molecule has 2 nitrogen and oxygen atoms in total. The first-order valence-electron chi connectivity index (χ1n) is 4.39. The molecule has 0 amide bonds. The first-order chi connectivity index (χ1) is 7.77. The highest BCUT2D eigenvalue weighted by Crippen LogP contribution is 2.41.